The van der Waals surface area contributed by atoms with E-state index in [1.807, 2.05) is 134 Å². The average Bonchev–Trinajstić information content (AvgIpc) is 3.57. The van der Waals surface area contributed by atoms with Gasteiger partial charge >= 0.3 is 5.97 Å². The minimum Gasteiger partial charge on any atom is -0.497 e. The van der Waals surface area contributed by atoms with E-state index in [0.29, 0.717) is 48.8 Å². The largest absolute Gasteiger partial charge is 0.497 e. The fourth-order valence-electron chi connectivity index (χ4n) is 7.22. The maximum absolute atomic E-state index is 14.3. The van der Waals surface area contributed by atoms with Crippen LogP contribution >= 0.6 is 46.4 Å². The molecule has 306 valence electrons. The van der Waals surface area contributed by atoms with Gasteiger partial charge in [0.1, 0.15) is 11.5 Å². The second kappa shape index (κ2) is 19.6. The Morgan fingerprint density at radius 2 is 0.883 bits per heavy atom. The molecule has 0 N–H and O–H groups in total. The fraction of sp³-hybridized carbons (Fsp3) is 0.140. The Balaban J connectivity index is 1.70. The molecule has 1 heterocycles. The number of anilines is 2. The van der Waals surface area contributed by atoms with Crippen LogP contribution in [0.25, 0.3) is 11.1 Å². The van der Waals surface area contributed by atoms with Crippen molar-refractivity contribution in [3.8, 4) is 11.5 Å². The number of esters is 1. The summed E-state index contributed by atoms with van der Waals surface area (Å²) in [6.45, 7) is 18.2. The van der Waals surface area contributed by atoms with E-state index in [-0.39, 0.29) is 31.2 Å². The second-order valence-electron chi connectivity index (χ2n) is 13.8. The van der Waals surface area contributed by atoms with E-state index in [9.17, 15) is 4.79 Å². The number of benzene rings is 5. The highest BCUT2D eigenvalue weighted by molar-refractivity contribution is 6.53. The third kappa shape index (κ3) is 9.08. The van der Waals surface area contributed by atoms with Crippen LogP contribution in [0.15, 0.2) is 160 Å². The molecule has 1 aliphatic heterocycles. The molecule has 0 unspecified atom stereocenters. The number of ether oxygens (including phenoxy) is 3. The Labute approximate surface area is 372 Å². The zero-order valence-electron chi connectivity index (χ0n) is 33.4. The van der Waals surface area contributed by atoms with Crippen LogP contribution in [0, 0.1) is 0 Å². The van der Waals surface area contributed by atoms with Crippen LogP contribution in [-0.4, -0.2) is 46.4 Å². The van der Waals surface area contributed by atoms with E-state index in [2.05, 4.69) is 36.1 Å². The first-order valence-corrected chi connectivity index (χ1v) is 20.5. The van der Waals surface area contributed by atoms with Crippen molar-refractivity contribution in [3.63, 3.8) is 0 Å². The van der Waals surface area contributed by atoms with Crippen LogP contribution in [0.1, 0.15) is 38.2 Å². The number of halogens is 4. The monoisotopic (exact) mass is 876 g/mol. The van der Waals surface area contributed by atoms with Gasteiger partial charge in [0.2, 0.25) is 0 Å². The number of hydrogen-bond acceptors (Lipinski definition) is 6. The predicted molar refractivity (Wildman–Crippen MR) is 252 cm³/mol. The maximum Gasteiger partial charge on any atom is 0.341 e. The van der Waals surface area contributed by atoms with Gasteiger partial charge < -0.3 is 24.0 Å². The standard InChI is InChI=1S/C50H44Cl4N2O4/c1-7-27-55(28-8-2)37-19-11-33(12-20-37)41(35-15-23-39(58-5)24-16-35)31-50(44-43(49(57)60-50)45(51)47(53)48(54)46(44)52)32-42(36-17-25-40(59-6)26-18-36)34-13-21-38(22-14-34)56(29-9-3)30-10-4/h7-26,31-32H,1-4,27-30H2,5-6H3. The molecular weight excluding hydrogens is 834 g/mol. The summed E-state index contributed by atoms with van der Waals surface area (Å²) in [5.41, 5.74) is 5.20. The zero-order valence-corrected chi connectivity index (χ0v) is 36.4. The summed E-state index contributed by atoms with van der Waals surface area (Å²) >= 11 is 27.5. The topological polar surface area (TPSA) is 51.2 Å². The van der Waals surface area contributed by atoms with Crippen molar-refractivity contribution in [2.75, 3.05) is 50.2 Å². The van der Waals surface area contributed by atoms with E-state index in [4.69, 9.17) is 60.6 Å². The first kappa shape index (κ1) is 43.9. The van der Waals surface area contributed by atoms with Gasteiger partial charge in [0.15, 0.2) is 5.60 Å². The molecule has 0 bridgehead atoms. The Morgan fingerprint density at radius 1 is 0.550 bits per heavy atom. The lowest BCUT2D eigenvalue weighted by Gasteiger charge is -2.28. The lowest BCUT2D eigenvalue weighted by molar-refractivity contribution is 0.0300. The highest BCUT2D eigenvalue weighted by atomic mass is 35.5. The smallest absolute Gasteiger partial charge is 0.341 e. The lowest BCUT2D eigenvalue weighted by atomic mass is 9.83. The van der Waals surface area contributed by atoms with E-state index < -0.39 is 11.6 Å². The molecule has 0 aromatic heterocycles. The first-order chi connectivity index (χ1) is 29.0. The minimum atomic E-state index is -1.70. The number of nitrogens with zero attached hydrogens (tertiary/aromatic N) is 2. The molecule has 0 atom stereocenters. The Morgan fingerprint density at radius 3 is 1.22 bits per heavy atom. The molecule has 5 aromatic rings. The second-order valence-corrected chi connectivity index (χ2v) is 15.3. The van der Waals surface area contributed by atoms with Gasteiger partial charge in [0, 0.05) is 43.1 Å². The summed E-state index contributed by atoms with van der Waals surface area (Å²) in [7, 11) is 3.23. The van der Waals surface area contributed by atoms with Gasteiger partial charge in [-0.1, -0.05) is 119 Å². The molecule has 0 spiro atoms. The minimum absolute atomic E-state index is 0.00804. The van der Waals surface area contributed by atoms with Gasteiger partial charge in [-0.15, -0.1) is 26.3 Å². The van der Waals surface area contributed by atoms with E-state index in [1.54, 1.807) is 14.2 Å². The third-order valence-electron chi connectivity index (χ3n) is 10.1. The molecule has 60 heavy (non-hydrogen) atoms. The van der Waals surface area contributed by atoms with E-state index >= 15 is 0 Å². The van der Waals surface area contributed by atoms with Crippen LogP contribution in [0.3, 0.4) is 0 Å². The Hall–Kier alpha value is -5.63. The van der Waals surface area contributed by atoms with Crippen LogP contribution in [0.2, 0.25) is 20.1 Å². The number of methoxy groups -OCH3 is 2. The number of cyclic esters (lactones) is 1. The summed E-state index contributed by atoms with van der Waals surface area (Å²) in [4.78, 5) is 18.6. The first-order valence-electron chi connectivity index (χ1n) is 19.0. The Kier molecular flexibility index (Phi) is 14.4. The van der Waals surface area contributed by atoms with Gasteiger partial charge in [-0.25, -0.2) is 4.79 Å². The molecule has 1 aliphatic rings. The summed E-state index contributed by atoms with van der Waals surface area (Å²) in [6, 6.07) is 31.5. The zero-order chi connectivity index (χ0) is 43.0. The molecule has 10 heteroatoms. The molecule has 0 fully saturated rings. The fourth-order valence-corrected chi connectivity index (χ4v) is 8.30. The van der Waals surface area contributed by atoms with Crippen molar-refractivity contribution in [1.82, 2.24) is 0 Å². The van der Waals surface area contributed by atoms with Crippen LogP contribution in [0.5, 0.6) is 11.5 Å². The normalized spacial score (nSPS) is 14.8. The van der Waals surface area contributed by atoms with Gasteiger partial charge in [-0.05, 0) is 94.1 Å². The van der Waals surface area contributed by atoms with E-state index in [1.165, 1.54) is 0 Å². The number of carbonyl (C=O) groups is 1. The highest BCUT2D eigenvalue weighted by Crippen LogP contribution is 2.53. The maximum atomic E-state index is 14.3. The van der Waals surface area contributed by atoms with E-state index in [0.717, 1.165) is 33.6 Å². The molecule has 6 nitrogen and oxygen atoms in total. The van der Waals surface area contributed by atoms with Gasteiger partial charge in [0.25, 0.3) is 0 Å². The van der Waals surface area contributed by atoms with Crippen LogP contribution in [-0.2, 0) is 10.3 Å². The van der Waals surface area contributed by atoms with Crippen molar-refractivity contribution >= 4 is 74.9 Å². The number of rotatable bonds is 18. The molecular formula is C50H44Cl4N2O4. The quantitative estimate of drug-likeness (QED) is 0.0378. The lowest BCUT2D eigenvalue weighted by Crippen LogP contribution is -2.24. The number of fused-ring (bicyclic) bond motifs is 1. The Bertz CT molecular complexity index is 2310. The number of carbonyl (C=O) groups excluding carboxylic acids is 1. The van der Waals surface area contributed by atoms with Crippen LogP contribution < -0.4 is 19.3 Å². The summed E-state index contributed by atoms with van der Waals surface area (Å²) in [5, 5.41) is -0.0880. The van der Waals surface area contributed by atoms with Crippen LogP contribution in [0.4, 0.5) is 11.4 Å². The molecule has 0 saturated carbocycles. The molecule has 0 saturated heterocycles. The highest BCUT2D eigenvalue weighted by Gasteiger charge is 2.48. The van der Waals surface area contributed by atoms with Gasteiger partial charge in [-0.2, -0.15) is 0 Å². The van der Waals surface area contributed by atoms with Crippen molar-refractivity contribution in [2.45, 2.75) is 5.60 Å². The number of hydrogen-bond donors (Lipinski definition) is 0. The molecule has 0 aliphatic carbocycles. The predicted octanol–water partition coefficient (Wildman–Crippen LogP) is 13.3. The molecule has 0 radical (unpaired) electrons. The van der Waals surface area contributed by atoms with Crippen molar-refractivity contribution in [2.24, 2.45) is 0 Å². The van der Waals surface area contributed by atoms with Gasteiger partial charge in [-0.3, -0.25) is 0 Å². The third-order valence-corrected chi connectivity index (χ3v) is 11.9. The van der Waals surface area contributed by atoms with Crippen molar-refractivity contribution < 1.29 is 19.0 Å². The molecule has 0 amide bonds. The van der Waals surface area contributed by atoms with Gasteiger partial charge in [0.05, 0.1) is 39.9 Å². The summed E-state index contributed by atoms with van der Waals surface area (Å²) in [6.07, 6.45) is 11.2. The van der Waals surface area contributed by atoms with Crippen molar-refractivity contribution in [1.29, 1.82) is 0 Å². The average molecular weight is 879 g/mol. The SMILES string of the molecule is C=CCN(CC=C)c1ccc(C(=CC2(C=C(c3ccc(OC)cc3)c3ccc(N(CC=C)CC=C)cc3)OC(=O)c3c(Cl)c(Cl)c(Cl)c(Cl)c32)c2ccc(OC)cc2)cc1. The summed E-state index contributed by atoms with van der Waals surface area (Å²) in [5.74, 6) is 0.628. The summed E-state index contributed by atoms with van der Waals surface area (Å²) < 4.78 is 17.6. The molecule has 6 rings (SSSR count). The van der Waals surface area contributed by atoms with Crippen molar-refractivity contribution in [3.05, 3.63) is 213 Å². The molecule has 5 aromatic carbocycles.